The third-order valence-electron chi connectivity index (χ3n) is 8.75. The van der Waals surface area contributed by atoms with Gasteiger partial charge < -0.3 is 0 Å². The summed E-state index contributed by atoms with van der Waals surface area (Å²) in [7, 11) is 0. The zero-order valence-electron chi connectivity index (χ0n) is 26.0. The van der Waals surface area contributed by atoms with Gasteiger partial charge in [0.1, 0.15) is 0 Å². The van der Waals surface area contributed by atoms with Crippen LogP contribution in [0.5, 0.6) is 0 Å². The Labute approximate surface area is 323 Å². The van der Waals surface area contributed by atoms with Crippen molar-refractivity contribution in [2.24, 2.45) is 20.0 Å². The molecule has 9 rings (SSSR count). The third kappa shape index (κ3) is 6.39. The van der Waals surface area contributed by atoms with E-state index < -0.39 is 0 Å². The second kappa shape index (κ2) is 14.5. The van der Waals surface area contributed by atoms with Crippen molar-refractivity contribution in [3.8, 4) is 0 Å². The molecule has 5 aliphatic heterocycles. The van der Waals surface area contributed by atoms with Gasteiger partial charge in [-0.2, -0.15) is 0 Å². The van der Waals surface area contributed by atoms with Gasteiger partial charge in [-0.05, 0) is 70.9 Å². The molecule has 5 aliphatic rings. The lowest BCUT2D eigenvalue weighted by molar-refractivity contribution is 1.41. The van der Waals surface area contributed by atoms with Crippen LogP contribution in [0.3, 0.4) is 0 Å². The van der Waals surface area contributed by atoms with Gasteiger partial charge in [-0.15, -0.1) is 0 Å². The van der Waals surface area contributed by atoms with E-state index in [-0.39, 0.29) is 46.1 Å². The van der Waals surface area contributed by atoms with Crippen LogP contribution in [0.2, 0.25) is 0 Å². The summed E-state index contributed by atoms with van der Waals surface area (Å²) in [6, 6.07) is 42.1. The van der Waals surface area contributed by atoms with Gasteiger partial charge >= 0.3 is 46.1 Å². The van der Waals surface area contributed by atoms with Gasteiger partial charge in [0.2, 0.25) is 0 Å². The van der Waals surface area contributed by atoms with Crippen molar-refractivity contribution >= 4 is 91.2 Å². The third-order valence-corrected chi connectivity index (χ3v) is 8.75. The SMILES string of the molecule is C1=CC2=NC1=CC1=NC(=C(c3ccccc3)C3=NC(=CC4=NC(=C2)C=C4)C=C3c2ccccc2)C(c2ccccc2)=C1c1ccccc1.[MgH2].[MgH2]. The number of hydrogen-bond donors (Lipinski definition) is 0. The molecule has 0 amide bonds. The van der Waals surface area contributed by atoms with Crippen LogP contribution in [-0.4, -0.2) is 69.0 Å². The molecule has 0 aromatic heterocycles. The minimum absolute atomic E-state index is 0. The highest BCUT2D eigenvalue weighted by Gasteiger charge is 2.32. The molecule has 0 fully saturated rings. The zero-order chi connectivity index (χ0) is 31.9. The van der Waals surface area contributed by atoms with Gasteiger partial charge in [0.15, 0.2) is 0 Å². The molecule has 0 unspecified atom stereocenters. The molecule has 50 heavy (non-hydrogen) atoms. The molecule has 0 saturated heterocycles. The Bertz CT molecular complexity index is 2380. The largest absolute Gasteiger partial charge is 0.316 e. The summed E-state index contributed by atoms with van der Waals surface area (Å²) in [4.78, 5) is 20.8. The Morgan fingerprint density at radius 3 is 1.36 bits per heavy atom. The van der Waals surface area contributed by atoms with Gasteiger partial charge in [0.05, 0.1) is 45.6 Å². The Kier molecular flexibility index (Phi) is 9.70. The van der Waals surface area contributed by atoms with E-state index in [9.17, 15) is 0 Å². The van der Waals surface area contributed by atoms with E-state index >= 15 is 0 Å². The summed E-state index contributed by atoms with van der Waals surface area (Å²) in [5.74, 6) is 0. The predicted molar refractivity (Wildman–Crippen MR) is 217 cm³/mol. The average Bonchev–Trinajstić information content (AvgIpc) is 3.94. The fourth-order valence-corrected chi connectivity index (χ4v) is 6.63. The second-order valence-corrected chi connectivity index (χ2v) is 11.9. The lowest BCUT2D eigenvalue weighted by atomic mass is 9.86. The first-order valence-corrected chi connectivity index (χ1v) is 16.1. The number of hydrogen-bond acceptors (Lipinski definition) is 4. The van der Waals surface area contributed by atoms with Crippen LogP contribution in [-0.2, 0) is 0 Å². The van der Waals surface area contributed by atoms with E-state index in [1.54, 1.807) is 0 Å². The minimum atomic E-state index is 0. The molecule has 6 heteroatoms. The van der Waals surface area contributed by atoms with Crippen molar-refractivity contribution in [1.82, 2.24) is 0 Å². The second-order valence-electron chi connectivity index (χ2n) is 11.9. The summed E-state index contributed by atoms with van der Waals surface area (Å²) in [6.45, 7) is 0. The summed E-state index contributed by atoms with van der Waals surface area (Å²) >= 11 is 0. The van der Waals surface area contributed by atoms with Gasteiger partial charge in [0, 0.05) is 22.3 Å². The van der Waals surface area contributed by atoms with Gasteiger partial charge in [-0.25, -0.2) is 20.0 Å². The first-order chi connectivity index (χ1) is 23.8. The lowest BCUT2D eigenvalue weighted by Crippen LogP contribution is -2.07. The van der Waals surface area contributed by atoms with Crippen molar-refractivity contribution in [2.45, 2.75) is 0 Å². The molecule has 0 saturated carbocycles. The Morgan fingerprint density at radius 1 is 0.340 bits per heavy atom. The average molecular weight is 665 g/mol. The first-order valence-electron chi connectivity index (χ1n) is 16.1. The van der Waals surface area contributed by atoms with Crippen molar-refractivity contribution < 1.29 is 0 Å². The fourth-order valence-electron chi connectivity index (χ4n) is 6.63. The molecule has 5 heterocycles. The number of nitrogens with zero attached hydrogens (tertiary/aromatic N) is 4. The van der Waals surface area contributed by atoms with Crippen LogP contribution in [0.25, 0.3) is 22.3 Å². The summed E-state index contributed by atoms with van der Waals surface area (Å²) in [5.41, 5.74) is 15.3. The molecule has 0 aliphatic carbocycles. The quantitative estimate of drug-likeness (QED) is 0.200. The van der Waals surface area contributed by atoms with E-state index in [1.807, 2.05) is 36.4 Å². The van der Waals surface area contributed by atoms with Crippen LogP contribution >= 0.6 is 0 Å². The molecule has 8 bridgehead atoms. The normalized spacial score (nSPS) is 17.1. The van der Waals surface area contributed by atoms with Crippen molar-refractivity contribution in [2.75, 3.05) is 0 Å². The minimum Gasteiger partial charge on any atom is -0.249 e. The Morgan fingerprint density at radius 2 is 0.800 bits per heavy atom. The molecule has 0 spiro atoms. The van der Waals surface area contributed by atoms with Crippen LogP contribution < -0.4 is 0 Å². The molecule has 4 aromatic carbocycles. The molecular weight excluding hydrogens is 633 g/mol. The number of benzene rings is 4. The highest BCUT2D eigenvalue weighted by Crippen LogP contribution is 2.46. The molecule has 4 nitrogen and oxygen atoms in total. The van der Waals surface area contributed by atoms with E-state index in [2.05, 4.69) is 133 Å². The summed E-state index contributed by atoms with van der Waals surface area (Å²) < 4.78 is 0. The van der Waals surface area contributed by atoms with Crippen LogP contribution in [0.1, 0.15) is 22.3 Å². The number of rotatable bonds is 4. The molecule has 232 valence electrons. The number of fused-ring (bicyclic) bond motifs is 4. The van der Waals surface area contributed by atoms with E-state index in [4.69, 9.17) is 20.0 Å². The van der Waals surface area contributed by atoms with Gasteiger partial charge in [-0.3, -0.25) is 0 Å². The number of allylic oxidation sites excluding steroid dienone is 12. The highest BCUT2D eigenvalue weighted by molar-refractivity contribution is 6.50. The topological polar surface area (TPSA) is 49.4 Å². The lowest BCUT2D eigenvalue weighted by Gasteiger charge is -2.17. The van der Waals surface area contributed by atoms with Crippen molar-refractivity contribution in [3.05, 3.63) is 215 Å². The first kappa shape index (κ1) is 33.5. The summed E-state index contributed by atoms with van der Waals surface area (Å²) in [5, 5.41) is 0. The highest BCUT2D eigenvalue weighted by atomic mass is 24.3. The van der Waals surface area contributed by atoms with Gasteiger partial charge in [0.25, 0.3) is 0 Å². The molecule has 4 aromatic rings. The fraction of sp³-hybridized carbons (Fsp3) is 0. The van der Waals surface area contributed by atoms with Gasteiger partial charge in [-0.1, -0.05) is 121 Å². The molecule has 0 atom stereocenters. The standard InChI is InChI=1S/C44H28N4.2Mg.4H/c1-5-13-29(14-6-1)38-27-37-26-35-22-21-33(45-35)25-34-23-24-36(46-34)28-39-40(30-15-7-2-8-16-30)41(31-17-9-3-10-18-31)44(48-39)42(43(38)47-37)32-19-11-4-12-20-32;;;;;;/h1-28H;;;;;;. The zero-order valence-corrected chi connectivity index (χ0v) is 26.0. The smallest absolute Gasteiger partial charge is 0.249 e. The Balaban J connectivity index is 0.00000196. The van der Waals surface area contributed by atoms with Crippen LogP contribution in [0, 0.1) is 0 Å². The molecular formula is C44H32Mg2N4. The Hall–Kier alpha value is -4.99. The van der Waals surface area contributed by atoms with E-state index in [0.717, 1.165) is 90.2 Å². The van der Waals surface area contributed by atoms with Crippen molar-refractivity contribution in [3.63, 3.8) is 0 Å². The number of aliphatic imine (C=N–C) groups is 4. The maximum absolute atomic E-state index is 5.56. The van der Waals surface area contributed by atoms with Crippen LogP contribution in [0.4, 0.5) is 0 Å². The van der Waals surface area contributed by atoms with E-state index in [1.165, 1.54) is 0 Å². The monoisotopic (exact) mass is 664 g/mol. The molecule has 0 radical (unpaired) electrons. The predicted octanol–water partition coefficient (Wildman–Crippen LogP) is 7.86. The maximum Gasteiger partial charge on any atom is 0.316 e. The van der Waals surface area contributed by atoms with E-state index in [0.29, 0.717) is 0 Å². The molecule has 0 N–H and O–H groups in total. The maximum atomic E-state index is 5.56. The van der Waals surface area contributed by atoms with Crippen LogP contribution in [0.15, 0.2) is 213 Å². The summed E-state index contributed by atoms with van der Waals surface area (Å²) in [6.07, 6.45) is 16.5. The van der Waals surface area contributed by atoms with Crippen molar-refractivity contribution in [1.29, 1.82) is 0 Å².